The molecule has 0 rings (SSSR count). The molecule has 0 heterocycles. The van der Waals surface area contributed by atoms with Crippen LogP contribution in [0, 0.1) is 5.18 Å². The van der Waals surface area contributed by atoms with E-state index < -0.39 is 0 Å². The molecule has 0 bridgehead atoms. The molecule has 0 aromatic heterocycles. The summed E-state index contributed by atoms with van der Waals surface area (Å²) < 4.78 is 2.23. The lowest BCUT2D eigenvalue weighted by Gasteiger charge is -2.11. The molecular weight excluding hydrogens is 118 g/mol. The minimum atomic E-state index is -0.0319. The summed E-state index contributed by atoms with van der Waals surface area (Å²) in [4.78, 5) is 0. The summed E-state index contributed by atoms with van der Waals surface area (Å²) in [6, 6.07) is 0. The molecule has 1 atom stereocenters. The molecule has 0 fully saturated rings. The third-order valence-electron chi connectivity index (χ3n) is 1.04. The Balaban J connectivity index is 3.86. The average molecular weight is 133 g/mol. The smallest absolute Gasteiger partial charge is 0.00375 e. The molecule has 0 aliphatic rings. The van der Waals surface area contributed by atoms with Crippen molar-refractivity contribution in [2.75, 3.05) is 19.8 Å². The molecule has 0 aliphatic carbocycles. The van der Waals surface area contributed by atoms with Crippen LogP contribution in [0.2, 0.25) is 0 Å². The first-order valence-electron chi connectivity index (χ1n) is 2.84. The molecule has 0 N–H and O–H groups in total. The minimum Gasteiger partial charge on any atom is -0.267 e. The molecule has 0 radical (unpaired) electrons. The second-order valence-electron chi connectivity index (χ2n) is 1.79. The van der Waals surface area contributed by atoms with Crippen molar-refractivity contribution in [3.05, 3.63) is 0 Å². The van der Waals surface area contributed by atoms with Crippen molar-refractivity contribution in [3.8, 4) is 5.18 Å². The van der Waals surface area contributed by atoms with E-state index in [0.29, 0.717) is 0 Å². The number of thiol groups is 1. The summed E-state index contributed by atoms with van der Waals surface area (Å²) in [5.74, 6) is 1.22. The molecule has 0 spiro atoms. The quantitative estimate of drug-likeness (QED) is 0.490. The van der Waals surface area contributed by atoms with Crippen LogP contribution in [-0.4, -0.2) is 24.2 Å². The third-order valence-corrected chi connectivity index (χ3v) is 3.12. The van der Waals surface area contributed by atoms with Gasteiger partial charge in [-0.15, -0.1) is 15.7 Å². The van der Waals surface area contributed by atoms with Crippen LogP contribution in [0.3, 0.4) is 0 Å². The van der Waals surface area contributed by atoms with E-state index in [2.05, 4.69) is 30.5 Å². The van der Waals surface area contributed by atoms with Gasteiger partial charge in [-0.25, -0.2) is 0 Å². The third kappa shape index (κ3) is 2.41. The first-order chi connectivity index (χ1) is 3.72. The molecule has 1 unspecified atom stereocenters. The second-order valence-corrected chi connectivity index (χ2v) is 4.47. The summed E-state index contributed by atoms with van der Waals surface area (Å²) in [7, 11) is 4.17. The van der Waals surface area contributed by atoms with E-state index >= 15 is 0 Å². The Morgan fingerprint density at radius 3 is 2.00 bits per heavy atom. The van der Waals surface area contributed by atoms with Crippen LogP contribution in [0.15, 0.2) is 0 Å². The zero-order valence-corrected chi connectivity index (χ0v) is 7.00. The zero-order chi connectivity index (χ0) is 6.57. The van der Waals surface area contributed by atoms with Gasteiger partial charge in [-0.05, 0) is 26.8 Å². The fraction of sp³-hybridized carbons (Fsp3) is 0.833. The first kappa shape index (κ1) is 8.09. The highest BCUT2D eigenvalue weighted by molar-refractivity contribution is 8.04. The highest BCUT2D eigenvalue weighted by atomic mass is 32.2. The van der Waals surface area contributed by atoms with E-state index in [1.165, 1.54) is 5.75 Å². The van der Waals surface area contributed by atoms with Crippen LogP contribution in [0.1, 0.15) is 13.8 Å². The van der Waals surface area contributed by atoms with E-state index in [1.54, 1.807) is 0 Å². The van der Waals surface area contributed by atoms with Crippen molar-refractivity contribution in [2.24, 2.45) is 0 Å². The fourth-order valence-corrected chi connectivity index (χ4v) is 1.92. The Labute approximate surface area is 54.4 Å². The maximum atomic E-state index is 3.24. The molecule has 0 amide bonds. The van der Waals surface area contributed by atoms with Gasteiger partial charge in [-0.1, -0.05) is 6.92 Å². The largest absolute Gasteiger partial charge is 0.267 e. The van der Waals surface area contributed by atoms with Crippen molar-refractivity contribution in [2.45, 2.75) is 13.8 Å². The van der Waals surface area contributed by atoms with Crippen LogP contribution in [0.4, 0.5) is 0 Å². The lowest BCUT2D eigenvalue weighted by Crippen LogP contribution is -2.01. The average Bonchev–Trinajstić information content (AvgIpc) is 1.69. The summed E-state index contributed by atoms with van der Waals surface area (Å²) in [5.41, 5.74) is 0. The SMILES string of the molecule is CC#[SH](CC)N(C)C. The van der Waals surface area contributed by atoms with E-state index in [-0.39, 0.29) is 10.5 Å². The molecule has 0 aliphatic heterocycles. The van der Waals surface area contributed by atoms with Crippen molar-refractivity contribution in [1.29, 1.82) is 0 Å². The van der Waals surface area contributed by atoms with E-state index in [0.717, 1.165) is 0 Å². The summed E-state index contributed by atoms with van der Waals surface area (Å²) >= 11 is 0. The van der Waals surface area contributed by atoms with Crippen LogP contribution in [-0.2, 0) is 0 Å². The van der Waals surface area contributed by atoms with Gasteiger partial charge in [0.15, 0.2) is 0 Å². The highest BCUT2D eigenvalue weighted by Crippen LogP contribution is 2.09. The van der Waals surface area contributed by atoms with Gasteiger partial charge >= 0.3 is 0 Å². The molecule has 1 nitrogen and oxygen atoms in total. The van der Waals surface area contributed by atoms with Gasteiger partial charge in [0.25, 0.3) is 0 Å². The van der Waals surface area contributed by atoms with E-state index in [1.807, 2.05) is 6.92 Å². The highest BCUT2D eigenvalue weighted by Gasteiger charge is 1.84. The van der Waals surface area contributed by atoms with Gasteiger partial charge in [0, 0.05) is 0 Å². The van der Waals surface area contributed by atoms with Crippen LogP contribution >= 0.6 is 10.5 Å². The zero-order valence-electron chi connectivity index (χ0n) is 6.10. The minimum absolute atomic E-state index is 0.0319. The predicted octanol–water partition coefficient (Wildman–Crippen LogP) is 1.46. The molecule has 0 aromatic carbocycles. The molecule has 0 aromatic rings. The van der Waals surface area contributed by atoms with Gasteiger partial charge in [-0.3, -0.25) is 4.31 Å². The molecule has 50 valence electrons. The maximum Gasteiger partial charge on any atom is -0.00375 e. The molecule has 0 saturated carbocycles. The normalized spacial score (nSPS) is 13.6. The number of hydrogen-bond donors (Lipinski definition) is 1. The Bertz CT molecular complexity index is 126. The van der Waals surface area contributed by atoms with Crippen LogP contribution in [0.5, 0.6) is 0 Å². The van der Waals surface area contributed by atoms with E-state index in [9.17, 15) is 0 Å². The summed E-state index contributed by atoms with van der Waals surface area (Å²) in [5, 5.41) is 3.24. The summed E-state index contributed by atoms with van der Waals surface area (Å²) in [6.45, 7) is 4.21. The Kier molecular flexibility index (Phi) is 4.06. The molecule has 0 saturated heterocycles. The second kappa shape index (κ2) is 4.02. The van der Waals surface area contributed by atoms with Gasteiger partial charge in [0.1, 0.15) is 0 Å². The van der Waals surface area contributed by atoms with Gasteiger partial charge in [0.2, 0.25) is 0 Å². The Morgan fingerprint density at radius 1 is 1.50 bits per heavy atom. The first-order valence-corrected chi connectivity index (χ1v) is 4.32. The number of nitrogens with zero attached hydrogens (tertiary/aromatic N) is 1. The van der Waals surface area contributed by atoms with Crippen molar-refractivity contribution in [3.63, 3.8) is 0 Å². The number of rotatable bonds is 0. The van der Waals surface area contributed by atoms with Crippen molar-refractivity contribution in [1.82, 2.24) is 4.31 Å². The molecule has 8 heavy (non-hydrogen) atoms. The molecule has 2 heteroatoms. The van der Waals surface area contributed by atoms with Crippen LogP contribution in [0.25, 0.3) is 0 Å². The fourth-order valence-electron chi connectivity index (χ4n) is 0.641. The molecular formula is C6H15NS. The Hall–Kier alpha value is 0.0900. The maximum absolute atomic E-state index is 3.24. The predicted molar refractivity (Wildman–Crippen MR) is 42.8 cm³/mol. The lowest BCUT2D eigenvalue weighted by molar-refractivity contribution is 0.701. The monoisotopic (exact) mass is 133 g/mol. The van der Waals surface area contributed by atoms with E-state index in [4.69, 9.17) is 0 Å². The topological polar surface area (TPSA) is 3.24 Å². The van der Waals surface area contributed by atoms with Crippen molar-refractivity contribution >= 4 is 10.5 Å². The Morgan fingerprint density at radius 2 is 2.00 bits per heavy atom. The lowest BCUT2D eigenvalue weighted by atomic mass is 11.0. The standard InChI is InChI=1S/C6H15NS/c1-5-8(6-2)7(3)4/h8H,5H2,1-4H3. The summed E-state index contributed by atoms with van der Waals surface area (Å²) in [6.07, 6.45) is 0. The van der Waals surface area contributed by atoms with Gasteiger partial charge < -0.3 is 0 Å². The number of hydrogen-bond acceptors (Lipinski definition) is 1. The van der Waals surface area contributed by atoms with Gasteiger partial charge in [-0.2, -0.15) is 0 Å². The van der Waals surface area contributed by atoms with Gasteiger partial charge in [0.05, 0.1) is 0 Å². The van der Waals surface area contributed by atoms with Crippen LogP contribution < -0.4 is 0 Å². The van der Waals surface area contributed by atoms with Crippen molar-refractivity contribution < 1.29 is 0 Å².